The molecule has 102 valence electrons. The minimum Gasteiger partial charge on any atom is -0.370 e. The number of aliphatic imine (C=N–C) groups is 1. The molecule has 1 heterocycles. The van der Waals surface area contributed by atoms with E-state index in [1.807, 2.05) is 0 Å². The number of nitrogens with two attached hydrogens (primary N) is 1. The van der Waals surface area contributed by atoms with Crippen molar-refractivity contribution in [3.05, 3.63) is 0 Å². The first-order chi connectivity index (χ1) is 8.42. The molecule has 18 heavy (non-hydrogen) atoms. The molecule has 0 aromatic rings. The first-order valence-corrected chi connectivity index (χ1v) is 7.52. The van der Waals surface area contributed by atoms with Crippen LogP contribution >= 0.6 is 0 Å². The van der Waals surface area contributed by atoms with Gasteiger partial charge in [0, 0.05) is 6.04 Å². The zero-order chi connectivity index (χ0) is 13.0. The summed E-state index contributed by atoms with van der Waals surface area (Å²) in [6, 6.07) is 0.711. The second-order valence-electron chi connectivity index (χ2n) is 7.64. The number of rotatable bonds is 1. The summed E-state index contributed by atoms with van der Waals surface area (Å²) >= 11 is 0. The molecule has 0 amide bonds. The Labute approximate surface area is 111 Å². The third-order valence-electron chi connectivity index (χ3n) is 5.35. The third kappa shape index (κ3) is 1.92. The summed E-state index contributed by atoms with van der Waals surface area (Å²) in [5, 5.41) is 0. The van der Waals surface area contributed by atoms with Crippen LogP contribution in [0.3, 0.4) is 0 Å². The summed E-state index contributed by atoms with van der Waals surface area (Å²) in [7, 11) is 0. The van der Waals surface area contributed by atoms with Crippen molar-refractivity contribution in [3.63, 3.8) is 0 Å². The van der Waals surface area contributed by atoms with E-state index in [1.54, 1.807) is 0 Å². The summed E-state index contributed by atoms with van der Waals surface area (Å²) in [4.78, 5) is 7.06. The molecule has 3 aliphatic rings. The molecule has 1 spiro atoms. The van der Waals surface area contributed by atoms with Crippen LogP contribution in [0.1, 0.15) is 59.3 Å². The molecule has 3 rings (SSSR count). The molecule has 0 aromatic heterocycles. The van der Waals surface area contributed by atoms with Crippen molar-refractivity contribution >= 4 is 5.96 Å². The average molecular weight is 249 g/mol. The lowest BCUT2D eigenvalue weighted by Gasteiger charge is -2.47. The molecular formula is C15H27N3. The van der Waals surface area contributed by atoms with Crippen molar-refractivity contribution < 1.29 is 0 Å². The Balaban J connectivity index is 1.71. The number of nitrogens with zero attached hydrogens (tertiary/aromatic N) is 2. The second-order valence-corrected chi connectivity index (χ2v) is 7.64. The lowest BCUT2D eigenvalue weighted by atomic mass is 9.67. The summed E-state index contributed by atoms with van der Waals surface area (Å²) in [6.45, 7) is 8.10. The van der Waals surface area contributed by atoms with Gasteiger partial charge in [-0.25, -0.2) is 0 Å². The molecule has 0 saturated heterocycles. The fourth-order valence-corrected chi connectivity index (χ4v) is 3.95. The lowest BCUT2D eigenvalue weighted by molar-refractivity contribution is 0.0706. The minimum atomic E-state index is 0.299. The molecule has 1 aliphatic heterocycles. The van der Waals surface area contributed by atoms with Gasteiger partial charge >= 0.3 is 0 Å². The van der Waals surface area contributed by atoms with Gasteiger partial charge in [-0.1, -0.05) is 20.8 Å². The Morgan fingerprint density at radius 3 is 2.28 bits per heavy atom. The van der Waals surface area contributed by atoms with E-state index in [9.17, 15) is 0 Å². The van der Waals surface area contributed by atoms with E-state index >= 15 is 0 Å². The largest absolute Gasteiger partial charge is 0.370 e. The lowest BCUT2D eigenvalue weighted by Crippen LogP contribution is -2.55. The van der Waals surface area contributed by atoms with Crippen LogP contribution in [0, 0.1) is 11.3 Å². The van der Waals surface area contributed by atoms with Gasteiger partial charge in [-0.2, -0.15) is 0 Å². The van der Waals surface area contributed by atoms with Gasteiger partial charge in [-0.15, -0.1) is 0 Å². The molecule has 2 N–H and O–H groups in total. The summed E-state index contributed by atoms with van der Waals surface area (Å²) in [6.07, 6.45) is 7.90. The number of guanidine groups is 1. The normalized spacial score (nSPS) is 37.2. The smallest absolute Gasteiger partial charge is 0.192 e. The zero-order valence-corrected chi connectivity index (χ0v) is 12.1. The third-order valence-corrected chi connectivity index (χ3v) is 5.35. The molecule has 0 bridgehead atoms. The fraction of sp³-hybridized carbons (Fsp3) is 0.933. The van der Waals surface area contributed by atoms with E-state index in [2.05, 4.69) is 30.7 Å². The highest BCUT2D eigenvalue weighted by Gasteiger charge is 2.50. The molecule has 3 heteroatoms. The van der Waals surface area contributed by atoms with Crippen molar-refractivity contribution in [2.45, 2.75) is 70.9 Å². The van der Waals surface area contributed by atoms with Crippen LogP contribution in [0.4, 0.5) is 0 Å². The maximum atomic E-state index is 6.12. The summed E-state index contributed by atoms with van der Waals surface area (Å²) in [5.74, 6) is 1.69. The minimum absolute atomic E-state index is 0.299. The first-order valence-electron chi connectivity index (χ1n) is 7.52. The van der Waals surface area contributed by atoms with Crippen LogP contribution in [0.2, 0.25) is 0 Å². The SMILES string of the molecule is CC(C)(C)C1CCC2(CC1)CN=C(N)N2C1CC1. The Bertz CT molecular complexity index is 354. The van der Waals surface area contributed by atoms with E-state index in [1.165, 1.54) is 38.5 Å². The fourth-order valence-electron chi connectivity index (χ4n) is 3.95. The Morgan fingerprint density at radius 1 is 1.17 bits per heavy atom. The molecule has 3 nitrogen and oxygen atoms in total. The van der Waals surface area contributed by atoms with Crippen LogP contribution in [0.5, 0.6) is 0 Å². The van der Waals surface area contributed by atoms with Crippen LogP contribution in [-0.4, -0.2) is 29.0 Å². The molecule has 0 radical (unpaired) electrons. The number of hydrogen-bond donors (Lipinski definition) is 1. The van der Waals surface area contributed by atoms with Crippen LogP contribution in [-0.2, 0) is 0 Å². The van der Waals surface area contributed by atoms with Crippen molar-refractivity contribution in [1.82, 2.24) is 4.90 Å². The Morgan fingerprint density at radius 2 is 1.78 bits per heavy atom. The van der Waals surface area contributed by atoms with E-state index in [0.717, 1.165) is 18.4 Å². The highest BCUT2D eigenvalue weighted by atomic mass is 15.4. The highest BCUT2D eigenvalue weighted by molar-refractivity contribution is 5.81. The number of hydrogen-bond acceptors (Lipinski definition) is 3. The van der Waals surface area contributed by atoms with Gasteiger partial charge in [0.2, 0.25) is 0 Å². The molecular weight excluding hydrogens is 222 g/mol. The van der Waals surface area contributed by atoms with Crippen LogP contribution < -0.4 is 5.73 Å². The maximum absolute atomic E-state index is 6.12. The molecule has 2 fully saturated rings. The monoisotopic (exact) mass is 249 g/mol. The van der Waals surface area contributed by atoms with E-state index in [4.69, 9.17) is 5.73 Å². The predicted molar refractivity (Wildman–Crippen MR) is 75.5 cm³/mol. The van der Waals surface area contributed by atoms with Crippen molar-refractivity contribution in [2.75, 3.05) is 6.54 Å². The first kappa shape index (κ1) is 12.3. The van der Waals surface area contributed by atoms with E-state index < -0.39 is 0 Å². The van der Waals surface area contributed by atoms with Crippen molar-refractivity contribution in [3.8, 4) is 0 Å². The van der Waals surface area contributed by atoms with Crippen LogP contribution in [0.25, 0.3) is 0 Å². The van der Waals surface area contributed by atoms with Gasteiger partial charge in [-0.05, 0) is 49.9 Å². The van der Waals surface area contributed by atoms with Gasteiger partial charge in [0.1, 0.15) is 0 Å². The molecule has 2 aliphatic carbocycles. The molecule has 0 aromatic carbocycles. The predicted octanol–water partition coefficient (Wildman–Crippen LogP) is 2.75. The Kier molecular flexibility index (Phi) is 2.65. The van der Waals surface area contributed by atoms with Gasteiger partial charge < -0.3 is 10.6 Å². The van der Waals surface area contributed by atoms with E-state index in [0.29, 0.717) is 17.0 Å². The van der Waals surface area contributed by atoms with Crippen LogP contribution in [0.15, 0.2) is 4.99 Å². The Hall–Kier alpha value is -0.730. The highest BCUT2D eigenvalue weighted by Crippen LogP contribution is 2.48. The molecule has 2 saturated carbocycles. The molecule has 0 atom stereocenters. The van der Waals surface area contributed by atoms with Crippen molar-refractivity contribution in [1.29, 1.82) is 0 Å². The van der Waals surface area contributed by atoms with Gasteiger partial charge in [0.25, 0.3) is 0 Å². The maximum Gasteiger partial charge on any atom is 0.192 e. The standard InChI is InChI=1S/C15H27N3/c1-14(2,3)11-6-8-15(9-7-11)10-17-13(16)18(15)12-4-5-12/h11-12H,4-10H2,1-3H3,(H2,16,17). The summed E-state index contributed by atoms with van der Waals surface area (Å²) < 4.78 is 0. The average Bonchev–Trinajstić information content (AvgIpc) is 3.06. The second kappa shape index (κ2) is 3.88. The molecule has 0 unspecified atom stereocenters. The van der Waals surface area contributed by atoms with Gasteiger partial charge in [0.15, 0.2) is 5.96 Å². The quantitative estimate of drug-likeness (QED) is 0.776. The van der Waals surface area contributed by atoms with Crippen molar-refractivity contribution in [2.24, 2.45) is 22.1 Å². The zero-order valence-electron chi connectivity index (χ0n) is 12.1. The van der Waals surface area contributed by atoms with Gasteiger partial charge in [-0.3, -0.25) is 4.99 Å². The van der Waals surface area contributed by atoms with E-state index in [-0.39, 0.29) is 0 Å². The summed E-state index contributed by atoms with van der Waals surface area (Å²) in [5.41, 5.74) is 6.88. The van der Waals surface area contributed by atoms with Gasteiger partial charge in [0.05, 0.1) is 12.1 Å². The topological polar surface area (TPSA) is 41.6 Å².